The van der Waals surface area contributed by atoms with Gasteiger partial charge in [0, 0.05) is 10.6 Å². The van der Waals surface area contributed by atoms with Crippen LogP contribution in [0.3, 0.4) is 0 Å². The lowest BCUT2D eigenvalue weighted by Gasteiger charge is -1.97. The van der Waals surface area contributed by atoms with Crippen LogP contribution in [0.25, 0.3) is 11.4 Å². The summed E-state index contributed by atoms with van der Waals surface area (Å²) in [7, 11) is 0. The van der Waals surface area contributed by atoms with Crippen molar-refractivity contribution >= 4 is 23.2 Å². The fraction of sp³-hybridized carbons (Fsp3) is 0.0667. The number of hydrogen-bond acceptors (Lipinski definition) is 3. The van der Waals surface area contributed by atoms with Crippen molar-refractivity contribution in [3.05, 3.63) is 70.0 Å². The molecule has 0 saturated heterocycles. The Labute approximate surface area is 126 Å². The van der Waals surface area contributed by atoms with Gasteiger partial charge in [0.2, 0.25) is 11.7 Å². The molecule has 0 aliphatic carbocycles. The lowest BCUT2D eigenvalue weighted by atomic mass is 10.1. The summed E-state index contributed by atoms with van der Waals surface area (Å²) >= 11 is 12.0. The molecule has 0 spiro atoms. The van der Waals surface area contributed by atoms with Crippen molar-refractivity contribution in [2.45, 2.75) is 6.42 Å². The average molecular weight is 305 g/mol. The smallest absolute Gasteiger partial charge is 0.231 e. The van der Waals surface area contributed by atoms with Crippen LogP contribution in [0.4, 0.5) is 0 Å². The van der Waals surface area contributed by atoms with Crippen molar-refractivity contribution in [3.63, 3.8) is 0 Å². The molecule has 0 bridgehead atoms. The second-order valence-corrected chi connectivity index (χ2v) is 5.14. The maximum Gasteiger partial charge on any atom is 0.231 e. The van der Waals surface area contributed by atoms with E-state index in [-0.39, 0.29) is 0 Å². The maximum absolute atomic E-state index is 6.11. The standard InChI is InChI=1S/C15H10Cl2N2O/c16-11-7-5-10(6-8-11)9-14-18-15(19-20-14)12-3-1-2-4-13(12)17/h1-8H,9H2. The van der Waals surface area contributed by atoms with E-state index in [0.29, 0.717) is 28.2 Å². The van der Waals surface area contributed by atoms with Crippen LogP contribution in [0.1, 0.15) is 11.5 Å². The first-order chi connectivity index (χ1) is 9.72. The molecule has 0 unspecified atom stereocenters. The van der Waals surface area contributed by atoms with Crippen LogP contribution in [0.5, 0.6) is 0 Å². The van der Waals surface area contributed by atoms with Gasteiger partial charge in [0.05, 0.1) is 11.4 Å². The Kier molecular flexibility index (Phi) is 3.72. The van der Waals surface area contributed by atoms with Crippen LogP contribution >= 0.6 is 23.2 Å². The second-order valence-electron chi connectivity index (χ2n) is 4.29. The fourth-order valence-electron chi connectivity index (χ4n) is 1.86. The van der Waals surface area contributed by atoms with Gasteiger partial charge >= 0.3 is 0 Å². The van der Waals surface area contributed by atoms with Crippen molar-refractivity contribution in [3.8, 4) is 11.4 Å². The third-order valence-electron chi connectivity index (χ3n) is 2.85. The summed E-state index contributed by atoms with van der Waals surface area (Å²) in [4.78, 5) is 4.36. The van der Waals surface area contributed by atoms with Crippen molar-refractivity contribution in [1.29, 1.82) is 0 Å². The van der Waals surface area contributed by atoms with E-state index in [9.17, 15) is 0 Å². The van der Waals surface area contributed by atoms with Crippen molar-refractivity contribution < 1.29 is 4.52 Å². The zero-order valence-corrected chi connectivity index (χ0v) is 11.9. The lowest BCUT2D eigenvalue weighted by Crippen LogP contribution is -1.88. The number of hydrogen-bond donors (Lipinski definition) is 0. The minimum absolute atomic E-state index is 0.500. The largest absolute Gasteiger partial charge is 0.339 e. The van der Waals surface area contributed by atoms with Gasteiger partial charge in [0.1, 0.15) is 0 Å². The first kappa shape index (κ1) is 13.2. The van der Waals surface area contributed by atoms with E-state index >= 15 is 0 Å². The van der Waals surface area contributed by atoms with Crippen LogP contribution < -0.4 is 0 Å². The Hall–Kier alpha value is -1.84. The third kappa shape index (κ3) is 2.84. The summed E-state index contributed by atoms with van der Waals surface area (Å²) in [6.07, 6.45) is 0.564. The highest BCUT2D eigenvalue weighted by Gasteiger charge is 2.11. The lowest BCUT2D eigenvalue weighted by molar-refractivity contribution is 0.385. The predicted octanol–water partition coefficient (Wildman–Crippen LogP) is 4.63. The van der Waals surface area contributed by atoms with Gasteiger partial charge in [0.15, 0.2) is 0 Å². The molecule has 1 heterocycles. The Morgan fingerprint density at radius 1 is 0.950 bits per heavy atom. The molecule has 3 aromatic rings. The summed E-state index contributed by atoms with van der Waals surface area (Å²) in [6.45, 7) is 0. The minimum atomic E-state index is 0.500. The Morgan fingerprint density at radius 3 is 2.45 bits per heavy atom. The number of aromatic nitrogens is 2. The molecule has 2 aromatic carbocycles. The molecule has 0 fully saturated rings. The van der Waals surface area contributed by atoms with E-state index in [1.165, 1.54) is 0 Å². The molecule has 20 heavy (non-hydrogen) atoms. The highest BCUT2D eigenvalue weighted by Crippen LogP contribution is 2.25. The SMILES string of the molecule is Clc1ccc(Cc2nc(-c3ccccc3Cl)no2)cc1. The first-order valence-corrected chi connectivity index (χ1v) is 6.80. The summed E-state index contributed by atoms with van der Waals surface area (Å²) in [5, 5.41) is 5.27. The van der Waals surface area contributed by atoms with Crippen LogP contribution in [0, 0.1) is 0 Å². The molecular weight excluding hydrogens is 295 g/mol. The number of rotatable bonds is 3. The average Bonchev–Trinajstić information content (AvgIpc) is 2.90. The van der Waals surface area contributed by atoms with Gasteiger partial charge in [-0.15, -0.1) is 0 Å². The van der Waals surface area contributed by atoms with E-state index in [1.807, 2.05) is 42.5 Å². The zero-order valence-electron chi connectivity index (χ0n) is 10.4. The third-order valence-corrected chi connectivity index (χ3v) is 3.43. The van der Waals surface area contributed by atoms with Gasteiger partial charge in [-0.3, -0.25) is 0 Å². The quantitative estimate of drug-likeness (QED) is 0.708. The molecular formula is C15H10Cl2N2O. The first-order valence-electron chi connectivity index (χ1n) is 6.04. The summed E-state index contributed by atoms with van der Waals surface area (Å²) in [5.74, 6) is 1.04. The fourth-order valence-corrected chi connectivity index (χ4v) is 2.20. The van der Waals surface area contributed by atoms with Crippen molar-refractivity contribution in [1.82, 2.24) is 10.1 Å². The molecule has 3 rings (SSSR count). The Bertz CT molecular complexity index is 723. The van der Waals surface area contributed by atoms with Crippen LogP contribution in [0.15, 0.2) is 53.1 Å². The zero-order chi connectivity index (χ0) is 13.9. The molecule has 3 nitrogen and oxygen atoms in total. The summed E-state index contributed by atoms with van der Waals surface area (Å²) in [5.41, 5.74) is 1.82. The molecule has 0 saturated carbocycles. The normalized spacial score (nSPS) is 10.7. The topological polar surface area (TPSA) is 38.9 Å². The molecule has 100 valence electrons. The molecule has 5 heteroatoms. The number of halogens is 2. The number of benzene rings is 2. The maximum atomic E-state index is 6.11. The minimum Gasteiger partial charge on any atom is -0.339 e. The van der Waals surface area contributed by atoms with E-state index in [2.05, 4.69) is 10.1 Å². The molecule has 0 aliphatic rings. The van der Waals surface area contributed by atoms with Gasteiger partial charge in [0.25, 0.3) is 0 Å². The van der Waals surface area contributed by atoms with E-state index in [0.717, 1.165) is 11.1 Å². The van der Waals surface area contributed by atoms with Crippen molar-refractivity contribution in [2.75, 3.05) is 0 Å². The van der Waals surface area contributed by atoms with Gasteiger partial charge in [-0.2, -0.15) is 4.98 Å². The molecule has 1 aromatic heterocycles. The molecule has 0 atom stereocenters. The van der Waals surface area contributed by atoms with Crippen LogP contribution in [-0.4, -0.2) is 10.1 Å². The Morgan fingerprint density at radius 2 is 1.70 bits per heavy atom. The second kappa shape index (κ2) is 5.65. The van der Waals surface area contributed by atoms with E-state index < -0.39 is 0 Å². The van der Waals surface area contributed by atoms with Crippen LogP contribution in [0.2, 0.25) is 10.0 Å². The molecule has 0 aliphatic heterocycles. The summed E-state index contributed by atoms with van der Waals surface area (Å²) in [6, 6.07) is 14.9. The van der Waals surface area contributed by atoms with Gasteiger partial charge < -0.3 is 4.52 Å². The molecule has 0 radical (unpaired) electrons. The molecule has 0 N–H and O–H groups in total. The van der Waals surface area contributed by atoms with Gasteiger partial charge in [-0.05, 0) is 29.8 Å². The monoisotopic (exact) mass is 304 g/mol. The molecule has 0 amide bonds. The summed E-state index contributed by atoms with van der Waals surface area (Å²) < 4.78 is 5.26. The van der Waals surface area contributed by atoms with E-state index in [4.69, 9.17) is 27.7 Å². The van der Waals surface area contributed by atoms with E-state index in [1.54, 1.807) is 6.07 Å². The van der Waals surface area contributed by atoms with Gasteiger partial charge in [-0.25, -0.2) is 0 Å². The highest BCUT2D eigenvalue weighted by atomic mass is 35.5. The van der Waals surface area contributed by atoms with Crippen LogP contribution in [-0.2, 0) is 6.42 Å². The highest BCUT2D eigenvalue weighted by molar-refractivity contribution is 6.33. The Balaban J connectivity index is 1.84. The number of nitrogens with zero attached hydrogens (tertiary/aromatic N) is 2. The van der Waals surface area contributed by atoms with Crippen molar-refractivity contribution in [2.24, 2.45) is 0 Å². The predicted molar refractivity (Wildman–Crippen MR) is 79.0 cm³/mol. The van der Waals surface area contributed by atoms with Gasteiger partial charge in [-0.1, -0.05) is 52.6 Å².